The number of fused-ring (bicyclic) bond motifs is 2. The molecule has 10 rings (SSSR count). The van der Waals surface area contributed by atoms with Gasteiger partial charge in [0.15, 0.2) is 0 Å². The molecule has 8 aromatic carbocycles. The van der Waals surface area contributed by atoms with E-state index in [9.17, 15) is 0 Å². The van der Waals surface area contributed by atoms with Gasteiger partial charge in [-0.3, -0.25) is 0 Å². The molecule has 0 aliphatic carbocycles. The predicted octanol–water partition coefficient (Wildman–Crippen LogP) is 18.5. The number of unbranched alkanes of at least 4 members (excludes halogenated alkanes) is 6. The molecule has 3 heteroatoms. The van der Waals surface area contributed by atoms with Gasteiger partial charge in [-0.1, -0.05) is 208 Å². The normalized spacial score (nSPS) is 11.1. The van der Waals surface area contributed by atoms with Gasteiger partial charge in [0, 0.05) is 11.1 Å². The smallest absolute Gasteiger partial charge is 0.491 e. The summed E-state index contributed by atoms with van der Waals surface area (Å²) in [6.45, 7) is 4.52. The first kappa shape index (κ1) is 45.5. The fourth-order valence-electron chi connectivity index (χ4n) is 8.97. The van der Waals surface area contributed by atoms with E-state index in [0.717, 1.165) is 45.3 Å². The van der Waals surface area contributed by atoms with Gasteiger partial charge in [-0.25, -0.2) is 0 Å². The number of hydrogen-bond acceptors (Lipinski definition) is 2. The zero-order valence-corrected chi connectivity index (χ0v) is 40.3. The molecule has 0 aliphatic heterocycles. The van der Waals surface area contributed by atoms with Gasteiger partial charge in [-0.05, 0) is 72.2 Å². The third-order valence-electron chi connectivity index (χ3n) is 12.6. The molecule has 0 fully saturated rings. The Labute approximate surface area is 404 Å². The Morgan fingerprint density at radius 1 is 0.354 bits per heavy atom. The van der Waals surface area contributed by atoms with E-state index in [2.05, 4.69) is 172 Å². The molecule has 322 valence electrons. The maximum atomic E-state index is 6.20. The first-order valence-electron chi connectivity index (χ1n) is 23.5. The Bertz CT molecular complexity index is 2790. The molecular weight excluding hydrogens is 868 g/mol. The van der Waals surface area contributed by atoms with E-state index < -0.39 is 0 Å². The molecule has 2 nitrogen and oxygen atoms in total. The first-order valence-corrected chi connectivity index (χ1v) is 23.5. The molecule has 65 heavy (non-hydrogen) atoms. The third kappa shape index (κ3) is 11.1. The van der Waals surface area contributed by atoms with Gasteiger partial charge in [0.1, 0.15) is 11.5 Å². The Morgan fingerprint density at radius 2 is 0.754 bits per heavy atom. The summed E-state index contributed by atoms with van der Waals surface area (Å²) in [4.78, 5) is 0. The van der Waals surface area contributed by atoms with Crippen LogP contribution in [0.25, 0.3) is 89.1 Å². The van der Waals surface area contributed by atoms with Crippen molar-refractivity contribution in [1.82, 2.24) is 0 Å². The van der Waals surface area contributed by atoms with Crippen molar-refractivity contribution in [1.29, 1.82) is 0 Å². The van der Waals surface area contributed by atoms with Gasteiger partial charge in [0.25, 0.3) is 0 Å². The van der Waals surface area contributed by atoms with Crippen molar-refractivity contribution in [3.63, 3.8) is 0 Å². The average Bonchev–Trinajstić information content (AvgIpc) is 4.19. The van der Waals surface area contributed by atoms with Crippen LogP contribution in [0, 0.1) is 0 Å². The molecule has 0 saturated heterocycles. The van der Waals surface area contributed by atoms with E-state index in [1.54, 1.807) is 0 Å². The quantitative estimate of drug-likeness (QED) is 0.0713. The SMILES string of the molecule is CCCCCCc1ccc(-c2cccc3[cH-]c(-c4ccc(-c5ccccc5)o4)cc23)cc1.CCCCCCc1ccc(-c2cccc3[cH-]c(-c4ccc(-c5ccccc5)o4)cc23)cc1.[Zr+2]. The van der Waals surface area contributed by atoms with Crippen molar-refractivity contribution >= 4 is 21.5 Å². The van der Waals surface area contributed by atoms with Crippen molar-refractivity contribution in [2.45, 2.75) is 78.1 Å². The van der Waals surface area contributed by atoms with Crippen LogP contribution in [0.4, 0.5) is 0 Å². The van der Waals surface area contributed by atoms with Crippen LogP contribution < -0.4 is 0 Å². The number of rotatable bonds is 16. The standard InChI is InChI=1S/2C31H29O.Zr/c2*1-2-3-4-6-10-23-15-17-24(18-16-23)28-14-9-13-26-21-27(22-29(26)28)31-20-19-30(32-31)25-11-7-5-8-12-25;/h2*5,7-9,11-22H,2-4,6,10H2,1H3;/q2*-1;+2. The molecule has 2 heterocycles. The van der Waals surface area contributed by atoms with Gasteiger partial charge >= 0.3 is 26.2 Å². The summed E-state index contributed by atoms with van der Waals surface area (Å²) in [6.07, 6.45) is 12.8. The second-order valence-electron chi connectivity index (χ2n) is 17.2. The van der Waals surface area contributed by atoms with Gasteiger partial charge in [0.2, 0.25) is 0 Å². The fraction of sp³-hybridized carbons (Fsp3) is 0.194. The largest absolute Gasteiger partial charge is 2.00 e. The topological polar surface area (TPSA) is 26.3 Å². The Balaban J connectivity index is 0.000000175. The van der Waals surface area contributed by atoms with Crippen LogP contribution in [0.3, 0.4) is 0 Å². The Morgan fingerprint density at radius 3 is 1.15 bits per heavy atom. The Kier molecular flexibility index (Phi) is 15.6. The summed E-state index contributed by atoms with van der Waals surface area (Å²) in [7, 11) is 0. The maximum Gasteiger partial charge on any atom is 2.00 e. The number of benzene rings is 6. The summed E-state index contributed by atoms with van der Waals surface area (Å²) in [5.41, 5.74) is 12.4. The van der Waals surface area contributed by atoms with Gasteiger partial charge in [-0.2, -0.15) is 0 Å². The van der Waals surface area contributed by atoms with Crippen LogP contribution in [-0.4, -0.2) is 0 Å². The minimum Gasteiger partial charge on any atom is -0.491 e. The van der Waals surface area contributed by atoms with Gasteiger partial charge < -0.3 is 8.83 Å². The van der Waals surface area contributed by atoms with Crippen LogP contribution >= 0.6 is 0 Å². The zero-order valence-electron chi connectivity index (χ0n) is 37.9. The maximum absolute atomic E-state index is 6.20. The van der Waals surface area contributed by atoms with Crippen LogP contribution in [0.1, 0.15) is 76.3 Å². The summed E-state index contributed by atoms with van der Waals surface area (Å²) in [6, 6.07) is 69.2. The minimum atomic E-state index is 0. The van der Waals surface area contributed by atoms with Crippen LogP contribution in [-0.2, 0) is 39.0 Å². The fourth-order valence-corrected chi connectivity index (χ4v) is 8.97. The van der Waals surface area contributed by atoms with E-state index in [-0.39, 0.29) is 26.2 Å². The molecule has 0 unspecified atom stereocenters. The summed E-state index contributed by atoms with van der Waals surface area (Å²) in [5, 5.41) is 5.05. The minimum absolute atomic E-state index is 0. The van der Waals surface area contributed by atoms with Crippen molar-refractivity contribution in [3.8, 4) is 67.5 Å². The molecule has 0 atom stereocenters. The van der Waals surface area contributed by atoms with Crippen molar-refractivity contribution in [3.05, 3.63) is 205 Å². The Hall–Kier alpha value is -6.02. The van der Waals surface area contributed by atoms with E-state index in [4.69, 9.17) is 8.83 Å². The molecule has 0 spiro atoms. The van der Waals surface area contributed by atoms with Crippen molar-refractivity contribution < 1.29 is 35.0 Å². The summed E-state index contributed by atoms with van der Waals surface area (Å²) in [5.74, 6) is 3.63. The van der Waals surface area contributed by atoms with Crippen LogP contribution in [0.2, 0.25) is 0 Å². The molecule has 10 aromatic rings. The third-order valence-corrected chi connectivity index (χ3v) is 12.6. The second-order valence-corrected chi connectivity index (χ2v) is 17.2. The van der Waals surface area contributed by atoms with Gasteiger partial charge in [-0.15, -0.1) is 57.9 Å². The predicted molar refractivity (Wildman–Crippen MR) is 272 cm³/mol. The molecule has 0 radical (unpaired) electrons. The molecule has 0 bridgehead atoms. The van der Waals surface area contributed by atoms with Crippen molar-refractivity contribution in [2.24, 2.45) is 0 Å². The molecule has 2 aromatic heterocycles. The zero-order chi connectivity index (χ0) is 43.5. The van der Waals surface area contributed by atoms with E-state index in [1.807, 2.05) is 36.4 Å². The van der Waals surface area contributed by atoms with Crippen molar-refractivity contribution in [2.75, 3.05) is 0 Å². The average molecular weight is 926 g/mol. The van der Waals surface area contributed by atoms with Crippen LogP contribution in [0.15, 0.2) is 203 Å². The second kappa shape index (κ2) is 22.3. The summed E-state index contributed by atoms with van der Waals surface area (Å²) >= 11 is 0. The molecule has 0 N–H and O–H groups in total. The molecular formula is C62H58O2Zr. The number of hydrogen-bond donors (Lipinski definition) is 0. The molecule has 0 amide bonds. The van der Waals surface area contributed by atoms with E-state index in [0.29, 0.717) is 0 Å². The first-order chi connectivity index (χ1) is 31.6. The van der Waals surface area contributed by atoms with E-state index >= 15 is 0 Å². The molecule has 0 aliphatic rings. The van der Waals surface area contributed by atoms with Gasteiger partial charge in [0.05, 0.1) is 11.5 Å². The monoisotopic (exact) mass is 924 g/mol. The van der Waals surface area contributed by atoms with E-state index in [1.165, 1.54) is 119 Å². The summed E-state index contributed by atoms with van der Waals surface area (Å²) < 4.78 is 12.4. The van der Waals surface area contributed by atoms with Crippen LogP contribution in [0.5, 0.6) is 0 Å². The number of furan rings is 2. The molecule has 0 saturated carbocycles. The number of aryl methyl sites for hydroxylation is 2.